The van der Waals surface area contributed by atoms with E-state index < -0.39 is 5.97 Å². The van der Waals surface area contributed by atoms with Crippen LogP contribution in [-0.4, -0.2) is 23.3 Å². The van der Waals surface area contributed by atoms with E-state index in [0.29, 0.717) is 11.3 Å². The van der Waals surface area contributed by atoms with Crippen molar-refractivity contribution in [2.24, 2.45) is 0 Å². The summed E-state index contributed by atoms with van der Waals surface area (Å²) in [6.07, 6.45) is 1.01. The fourth-order valence-electron chi connectivity index (χ4n) is 2.53. The van der Waals surface area contributed by atoms with E-state index >= 15 is 0 Å². The Morgan fingerprint density at radius 1 is 1.05 bits per heavy atom. The van der Waals surface area contributed by atoms with Gasteiger partial charge in [-0.2, -0.15) is 0 Å². The summed E-state index contributed by atoms with van der Waals surface area (Å²) in [5, 5.41) is 18.6. The van der Waals surface area contributed by atoms with Crippen molar-refractivity contribution in [3.8, 4) is 16.9 Å². The number of methoxy groups -OCH3 is 1. The summed E-state index contributed by atoms with van der Waals surface area (Å²) in [5.41, 5.74) is 4.23. The predicted octanol–water partition coefficient (Wildman–Crippen LogP) is 3.32. The molecule has 0 atom stereocenters. The van der Waals surface area contributed by atoms with Gasteiger partial charge in [-0.1, -0.05) is 12.1 Å². The third-order valence-electron chi connectivity index (χ3n) is 3.49. The smallest absolute Gasteiger partial charge is 0.335 e. The number of ether oxygens (including phenoxy) is 1. The molecular weight excluding hydrogens is 256 g/mol. The first kappa shape index (κ1) is 12.3. The van der Waals surface area contributed by atoms with E-state index in [4.69, 9.17) is 9.84 Å². The Kier molecular flexibility index (Phi) is 2.71. The molecule has 2 aromatic rings. The largest absolute Gasteiger partial charge is 0.515 e. The van der Waals surface area contributed by atoms with Crippen LogP contribution in [0.5, 0.6) is 5.75 Å². The van der Waals surface area contributed by atoms with Crippen molar-refractivity contribution in [2.45, 2.75) is 0 Å². The maximum atomic E-state index is 11.1. The molecule has 0 amide bonds. The van der Waals surface area contributed by atoms with Gasteiger partial charge < -0.3 is 14.9 Å². The molecule has 20 heavy (non-hydrogen) atoms. The SMILES string of the molecule is COc1ccc2c(c1)/C(=C\O)c1cc(C(=O)O)ccc1-2. The summed E-state index contributed by atoms with van der Waals surface area (Å²) >= 11 is 0. The molecule has 0 saturated carbocycles. The Balaban J connectivity index is 2.25. The van der Waals surface area contributed by atoms with Gasteiger partial charge in [0.1, 0.15) is 5.75 Å². The van der Waals surface area contributed by atoms with E-state index in [0.717, 1.165) is 28.5 Å². The van der Waals surface area contributed by atoms with Crippen LogP contribution in [0.2, 0.25) is 0 Å². The van der Waals surface area contributed by atoms with E-state index in [1.807, 2.05) is 18.2 Å². The van der Waals surface area contributed by atoms with E-state index in [1.54, 1.807) is 25.3 Å². The molecule has 0 spiro atoms. The van der Waals surface area contributed by atoms with Crippen molar-refractivity contribution in [1.82, 2.24) is 0 Å². The van der Waals surface area contributed by atoms with E-state index in [2.05, 4.69) is 0 Å². The van der Waals surface area contributed by atoms with Gasteiger partial charge in [0.05, 0.1) is 18.9 Å². The Morgan fingerprint density at radius 3 is 2.30 bits per heavy atom. The number of carboxylic acids is 1. The van der Waals surface area contributed by atoms with Crippen LogP contribution in [0.25, 0.3) is 16.7 Å². The zero-order valence-electron chi connectivity index (χ0n) is 10.8. The van der Waals surface area contributed by atoms with Crippen LogP contribution < -0.4 is 4.74 Å². The number of aliphatic hydroxyl groups is 1. The second-order valence-corrected chi connectivity index (χ2v) is 4.52. The van der Waals surface area contributed by atoms with Gasteiger partial charge in [0.2, 0.25) is 0 Å². The number of aliphatic hydroxyl groups excluding tert-OH is 1. The summed E-state index contributed by atoms with van der Waals surface area (Å²) in [4.78, 5) is 11.1. The van der Waals surface area contributed by atoms with Crippen LogP contribution in [0.15, 0.2) is 42.7 Å². The van der Waals surface area contributed by atoms with Gasteiger partial charge in [0.15, 0.2) is 0 Å². The van der Waals surface area contributed by atoms with Crippen LogP contribution in [0.1, 0.15) is 21.5 Å². The zero-order valence-corrected chi connectivity index (χ0v) is 10.8. The summed E-state index contributed by atoms with van der Waals surface area (Å²) < 4.78 is 5.19. The van der Waals surface area contributed by atoms with E-state index in [9.17, 15) is 9.90 Å². The van der Waals surface area contributed by atoms with Crippen molar-refractivity contribution in [3.05, 3.63) is 59.4 Å². The third kappa shape index (κ3) is 1.66. The van der Waals surface area contributed by atoms with Gasteiger partial charge in [-0.25, -0.2) is 4.79 Å². The highest BCUT2D eigenvalue weighted by atomic mass is 16.5. The Bertz CT molecular complexity index is 744. The minimum absolute atomic E-state index is 0.197. The van der Waals surface area contributed by atoms with Crippen molar-refractivity contribution in [2.75, 3.05) is 7.11 Å². The van der Waals surface area contributed by atoms with Crippen LogP contribution in [0.4, 0.5) is 0 Å². The van der Waals surface area contributed by atoms with Crippen LogP contribution in [0.3, 0.4) is 0 Å². The Morgan fingerprint density at radius 2 is 1.70 bits per heavy atom. The average molecular weight is 268 g/mol. The number of benzene rings is 2. The van der Waals surface area contributed by atoms with Crippen molar-refractivity contribution in [1.29, 1.82) is 0 Å². The minimum atomic E-state index is -0.987. The topological polar surface area (TPSA) is 66.8 Å². The molecule has 3 rings (SSSR count). The van der Waals surface area contributed by atoms with Crippen LogP contribution in [-0.2, 0) is 0 Å². The summed E-state index contributed by atoms with van der Waals surface area (Å²) in [6, 6.07) is 10.5. The maximum absolute atomic E-state index is 11.1. The van der Waals surface area contributed by atoms with E-state index in [1.165, 1.54) is 0 Å². The molecule has 4 nitrogen and oxygen atoms in total. The first-order valence-corrected chi connectivity index (χ1v) is 6.06. The summed E-state index contributed by atoms with van der Waals surface area (Å²) in [5.74, 6) is -0.298. The number of rotatable bonds is 2. The first-order chi connectivity index (χ1) is 9.65. The normalized spacial score (nSPS) is 13.9. The Hall–Kier alpha value is -2.75. The summed E-state index contributed by atoms with van der Waals surface area (Å²) in [6.45, 7) is 0. The first-order valence-electron chi connectivity index (χ1n) is 6.06. The van der Waals surface area contributed by atoms with E-state index in [-0.39, 0.29) is 5.56 Å². The van der Waals surface area contributed by atoms with Gasteiger partial charge in [0, 0.05) is 5.57 Å². The maximum Gasteiger partial charge on any atom is 0.335 e. The fraction of sp³-hybridized carbons (Fsp3) is 0.0625. The van der Waals surface area contributed by atoms with Crippen molar-refractivity contribution < 1.29 is 19.7 Å². The second-order valence-electron chi connectivity index (χ2n) is 4.52. The predicted molar refractivity (Wildman–Crippen MR) is 75.1 cm³/mol. The number of hydrogen-bond acceptors (Lipinski definition) is 3. The molecule has 0 aromatic heterocycles. The van der Waals surface area contributed by atoms with Crippen LogP contribution in [0, 0.1) is 0 Å². The van der Waals surface area contributed by atoms with Gasteiger partial charge >= 0.3 is 5.97 Å². The van der Waals surface area contributed by atoms with Crippen molar-refractivity contribution in [3.63, 3.8) is 0 Å². The lowest BCUT2D eigenvalue weighted by Gasteiger charge is -2.04. The number of carbonyl (C=O) groups is 1. The lowest BCUT2D eigenvalue weighted by atomic mass is 10.0. The quantitative estimate of drug-likeness (QED) is 0.700. The molecule has 2 aromatic carbocycles. The number of aromatic carboxylic acids is 1. The standard InChI is InChI=1S/C16H12O4/c1-20-10-3-5-12-11-4-2-9(16(18)19)6-13(11)15(8-17)14(12)7-10/h2-8,17H,1H3,(H,18,19)/b15-8-. The lowest BCUT2D eigenvalue weighted by Crippen LogP contribution is -1.96. The molecule has 2 N–H and O–H groups in total. The molecule has 0 fully saturated rings. The fourth-order valence-corrected chi connectivity index (χ4v) is 2.53. The average Bonchev–Trinajstić information content (AvgIpc) is 2.78. The number of fused-ring (bicyclic) bond motifs is 3. The molecule has 0 aliphatic heterocycles. The van der Waals surface area contributed by atoms with Crippen LogP contribution >= 0.6 is 0 Å². The highest BCUT2D eigenvalue weighted by molar-refractivity contribution is 6.03. The highest BCUT2D eigenvalue weighted by Crippen LogP contribution is 2.45. The molecule has 0 radical (unpaired) electrons. The molecular formula is C16H12O4. The number of hydrogen-bond donors (Lipinski definition) is 2. The summed E-state index contributed by atoms with van der Waals surface area (Å²) in [7, 11) is 1.58. The molecule has 0 heterocycles. The molecule has 0 bridgehead atoms. The highest BCUT2D eigenvalue weighted by Gasteiger charge is 2.25. The molecule has 1 aliphatic rings. The van der Waals surface area contributed by atoms with Gasteiger partial charge in [-0.05, 0) is 46.5 Å². The Labute approximate surface area is 115 Å². The molecule has 4 heteroatoms. The monoisotopic (exact) mass is 268 g/mol. The number of carboxylic acid groups (broad SMARTS) is 1. The lowest BCUT2D eigenvalue weighted by molar-refractivity contribution is 0.0697. The van der Waals surface area contributed by atoms with Crippen molar-refractivity contribution >= 4 is 11.5 Å². The molecule has 1 aliphatic carbocycles. The van der Waals surface area contributed by atoms with Gasteiger partial charge in [0.25, 0.3) is 0 Å². The molecule has 100 valence electrons. The van der Waals surface area contributed by atoms with Gasteiger partial charge in [-0.15, -0.1) is 0 Å². The zero-order chi connectivity index (χ0) is 14.3. The molecule has 0 saturated heterocycles. The van der Waals surface area contributed by atoms with Gasteiger partial charge in [-0.3, -0.25) is 0 Å². The minimum Gasteiger partial charge on any atom is -0.515 e. The third-order valence-corrected chi connectivity index (χ3v) is 3.49. The molecule has 0 unspecified atom stereocenters. The second kappa shape index (κ2) is 4.42.